The first-order valence-electron chi connectivity index (χ1n) is 10.6. The Morgan fingerprint density at radius 1 is 1.03 bits per heavy atom. The van der Waals surface area contributed by atoms with Crippen molar-refractivity contribution in [3.05, 3.63) is 94.8 Å². The van der Waals surface area contributed by atoms with Crippen molar-refractivity contribution >= 4 is 5.82 Å². The number of nitrogens with one attached hydrogen (secondary N) is 1. The fourth-order valence-corrected chi connectivity index (χ4v) is 3.58. The number of rotatable bonds is 7. The standard InChI is InChI=1S/C24H21F2N5O2/c25-21-5-2-6-22(26)20(21)14-30-15-28-31(24(30)32)17-7-9-18(10-8-17)33-19-11-12-27-23(13-19)29-16-3-1-4-16/h2,5-13,15-16H,1,3-4,14H2,(H,27,29). The Hall–Kier alpha value is -4.01. The fraction of sp³-hybridized carbons (Fsp3) is 0.208. The van der Waals surface area contributed by atoms with Crippen molar-refractivity contribution in [3.8, 4) is 17.2 Å². The number of hydrogen-bond acceptors (Lipinski definition) is 5. The molecular formula is C24H21F2N5O2. The molecule has 0 atom stereocenters. The number of benzene rings is 2. The molecule has 4 aromatic rings. The second-order valence-corrected chi connectivity index (χ2v) is 7.90. The summed E-state index contributed by atoms with van der Waals surface area (Å²) in [6, 6.07) is 14.5. The van der Waals surface area contributed by atoms with Gasteiger partial charge in [0.25, 0.3) is 0 Å². The normalized spacial score (nSPS) is 13.5. The molecule has 0 aliphatic heterocycles. The van der Waals surface area contributed by atoms with Gasteiger partial charge in [0.1, 0.15) is 35.3 Å². The highest BCUT2D eigenvalue weighted by Gasteiger charge is 2.17. The minimum atomic E-state index is -0.710. The minimum Gasteiger partial charge on any atom is -0.457 e. The highest BCUT2D eigenvalue weighted by Crippen LogP contribution is 2.26. The largest absolute Gasteiger partial charge is 0.457 e. The highest BCUT2D eigenvalue weighted by atomic mass is 19.1. The molecule has 7 nitrogen and oxygen atoms in total. The second-order valence-electron chi connectivity index (χ2n) is 7.90. The van der Waals surface area contributed by atoms with Gasteiger partial charge in [0.15, 0.2) is 0 Å². The molecule has 2 heterocycles. The van der Waals surface area contributed by atoms with Gasteiger partial charge in [-0.05, 0) is 61.7 Å². The van der Waals surface area contributed by atoms with E-state index in [2.05, 4.69) is 15.4 Å². The maximum atomic E-state index is 13.9. The number of nitrogens with zero attached hydrogens (tertiary/aromatic N) is 4. The van der Waals surface area contributed by atoms with E-state index in [4.69, 9.17) is 4.74 Å². The molecule has 5 rings (SSSR count). The summed E-state index contributed by atoms with van der Waals surface area (Å²) in [5.74, 6) is 0.585. The van der Waals surface area contributed by atoms with Crippen molar-refractivity contribution in [1.29, 1.82) is 0 Å². The van der Waals surface area contributed by atoms with E-state index in [1.807, 2.05) is 6.07 Å². The molecule has 168 valence electrons. The summed E-state index contributed by atoms with van der Waals surface area (Å²) in [5.41, 5.74) is -0.194. The Kier molecular flexibility index (Phi) is 5.60. The van der Waals surface area contributed by atoms with Crippen LogP contribution in [0.15, 0.2) is 71.9 Å². The van der Waals surface area contributed by atoms with Crippen LogP contribution in [0.5, 0.6) is 11.5 Å². The molecule has 0 unspecified atom stereocenters. The Morgan fingerprint density at radius 2 is 1.79 bits per heavy atom. The third-order valence-electron chi connectivity index (χ3n) is 5.63. The van der Waals surface area contributed by atoms with Crippen molar-refractivity contribution in [1.82, 2.24) is 19.3 Å². The molecule has 9 heteroatoms. The van der Waals surface area contributed by atoms with Gasteiger partial charge in [-0.15, -0.1) is 0 Å². The van der Waals surface area contributed by atoms with Crippen LogP contribution in [0.2, 0.25) is 0 Å². The summed E-state index contributed by atoms with van der Waals surface area (Å²) >= 11 is 0. The maximum absolute atomic E-state index is 13.9. The van der Waals surface area contributed by atoms with Crippen molar-refractivity contribution in [2.75, 3.05) is 5.32 Å². The number of aromatic nitrogens is 4. The highest BCUT2D eigenvalue weighted by molar-refractivity contribution is 5.44. The van der Waals surface area contributed by atoms with Crippen LogP contribution in [0.25, 0.3) is 5.69 Å². The van der Waals surface area contributed by atoms with Gasteiger partial charge in [-0.2, -0.15) is 9.78 Å². The predicted molar refractivity (Wildman–Crippen MR) is 119 cm³/mol. The number of halogens is 2. The quantitative estimate of drug-likeness (QED) is 0.449. The molecule has 0 amide bonds. The molecule has 1 aliphatic rings. The van der Waals surface area contributed by atoms with Crippen LogP contribution < -0.4 is 15.7 Å². The van der Waals surface area contributed by atoms with Gasteiger partial charge < -0.3 is 10.1 Å². The van der Waals surface area contributed by atoms with Gasteiger partial charge in [-0.3, -0.25) is 4.57 Å². The smallest absolute Gasteiger partial charge is 0.350 e. The van der Waals surface area contributed by atoms with Crippen molar-refractivity contribution in [3.63, 3.8) is 0 Å². The monoisotopic (exact) mass is 449 g/mol. The lowest BCUT2D eigenvalue weighted by Crippen LogP contribution is -2.27. The summed E-state index contributed by atoms with van der Waals surface area (Å²) in [6.45, 7) is -0.252. The Morgan fingerprint density at radius 3 is 2.48 bits per heavy atom. The van der Waals surface area contributed by atoms with E-state index in [1.54, 1.807) is 36.5 Å². The summed E-state index contributed by atoms with van der Waals surface area (Å²) in [6.07, 6.45) is 6.49. The fourth-order valence-electron chi connectivity index (χ4n) is 3.58. The van der Waals surface area contributed by atoms with Crippen LogP contribution in [-0.4, -0.2) is 25.4 Å². The van der Waals surface area contributed by atoms with Gasteiger partial charge in [-0.25, -0.2) is 18.6 Å². The zero-order valence-electron chi connectivity index (χ0n) is 17.6. The number of ether oxygens (including phenoxy) is 1. The molecule has 0 radical (unpaired) electrons. The van der Waals surface area contributed by atoms with Crippen LogP contribution in [0.4, 0.5) is 14.6 Å². The summed E-state index contributed by atoms with van der Waals surface area (Å²) in [5, 5.41) is 7.45. The maximum Gasteiger partial charge on any atom is 0.350 e. The van der Waals surface area contributed by atoms with Gasteiger partial charge in [0, 0.05) is 23.9 Å². The average Bonchev–Trinajstić information content (AvgIpc) is 3.14. The van der Waals surface area contributed by atoms with E-state index in [-0.39, 0.29) is 12.1 Å². The first-order valence-corrected chi connectivity index (χ1v) is 10.6. The third-order valence-corrected chi connectivity index (χ3v) is 5.63. The third kappa shape index (κ3) is 4.48. The SMILES string of the molecule is O=c1n(Cc2c(F)cccc2F)cnn1-c1ccc(Oc2ccnc(NC3CCC3)c2)cc1. The lowest BCUT2D eigenvalue weighted by Gasteiger charge is -2.26. The number of pyridine rings is 1. The van der Waals surface area contributed by atoms with E-state index in [9.17, 15) is 13.6 Å². The van der Waals surface area contributed by atoms with Crippen molar-refractivity contribution < 1.29 is 13.5 Å². The van der Waals surface area contributed by atoms with E-state index >= 15 is 0 Å². The topological polar surface area (TPSA) is 74.0 Å². The van der Waals surface area contributed by atoms with E-state index in [0.717, 1.165) is 40.0 Å². The van der Waals surface area contributed by atoms with E-state index < -0.39 is 17.3 Å². The van der Waals surface area contributed by atoms with Crippen molar-refractivity contribution in [2.24, 2.45) is 0 Å². The Labute approximate surface area is 188 Å². The van der Waals surface area contributed by atoms with Crippen molar-refractivity contribution in [2.45, 2.75) is 31.8 Å². The minimum absolute atomic E-state index is 0.189. The molecule has 2 aromatic heterocycles. The molecule has 1 N–H and O–H groups in total. The zero-order chi connectivity index (χ0) is 22.8. The van der Waals surface area contributed by atoms with Crippen LogP contribution in [0.3, 0.4) is 0 Å². The zero-order valence-corrected chi connectivity index (χ0v) is 17.6. The summed E-state index contributed by atoms with van der Waals surface area (Å²) in [4.78, 5) is 17.0. The number of hydrogen-bond donors (Lipinski definition) is 1. The first-order chi connectivity index (χ1) is 16.1. The molecule has 1 aliphatic carbocycles. The van der Waals surface area contributed by atoms with E-state index in [0.29, 0.717) is 23.2 Å². The lowest BCUT2D eigenvalue weighted by molar-refractivity contribution is 0.443. The molecule has 2 aromatic carbocycles. The Bertz CT molecular complexity index is 1310. The predicted octanol–water partition coefficient (Wildman–Crippen LogP) is 4.51. The average molecular weight is 449 g/mol. The molecule has 1 saturated carbocycles. The molecule has 0 spiro atoms. The van der Waals surface area contributed by atoms with Gasteiger partial charge in [0.2, 0.25) is 0 Å². The van der Waals surface area contributed by atoms with Crippen LogP contribution in [0, 0.1) is 11.6 Å². The summed E-state index contributed by atoms with van der Waals surface area (Å²) in [7, 11) is 0. The molecular weight excluding hydrogens is 428 g/mol. The second kappa shape index (κ2) is 8.85. The molecule has 0 bridgehead atoms. The van der Waals surface area contributed by atoms with Gasteiger partial charge >= 0.3 is 5.69 Å². The lowest BCUT2D eigenvalue weighted by atomic mass is 9.93. The van der Waals surface area contributed by atoms with Crippen LogP contribution in [-0.2, 0) is 6.54 Å². The van der Waals surface area contributed by atoms with Crippen LogP contribution >= 0.6 is 0 Å². The van der Waals surface area contributed by atoms with Gasteiger partial charge in [0.05, 0.1) is 12.2 Å². The molecule has 33 heavy (non-hydrogen) atoms. The molecule has 0 saturated heterocycles. The molecule has 1 fully saturated rings. The Balaban J connectivity index is 1.30. The summed E-state index contributed by atoms with van der Waals surface area (Å²) < 4.78 is 36.1. The first kappa shape index (κ1) is 20.9. The number of anilines is 1. The van der Waals surface area contributed by atoms with E-state index in [1.165, 1.54) is 18.8 Å². The van der Waals surface area contributed by atoms with Crippen LogP contribution in [0.1, 0.15) is 24.8 Å². The van der Waals surface area contributed by atoms with Gasteiger partial charge in [-0.1, -0.05) is 6.07 Å².